The van der Waals surface area contributed by atoms with Crippen LogP contribution in [0.3, 0.4) is 0 Å². The normalized spacial score (nSPS) is 11.5. The quantitative estimate of drug-likeness (QED) is 0.571. The van der Waals surface area contributed by atoms with Gasteiger partial charge in [-0.3, -0.25) is 4.79 Å². The molecule has 0 aliphatic heterocycles. The molecule has 1 N–H and O–H groups in total. The van der Waals surface area contributed by atoms with Crippen molar-refractivity contribution < 1.29 is 22.4 Å². The SMILES string of the molecule is Cc1cc(Cl)cc(F)c1NC(=O)c1cc(C(F)(F)F)nn1-c1ncccc1Cl. The van der Waals surface area contributed by atoms with Crippen molar-refractivity contribution in [2.24, 2.45) is 0 Å². The van der Waals surface area contributed by atoms with Gasteiger partial charge in [-0.25, -0.2) is 14.1 Å². The largest absolute Gasteiger partial charge is 0.435 e. The van der Waals surface area contributed by atoms with E-state index in [1.165, 1.54) is 31.3 Å². The van der Waals surface area contributed by atoms with E-state index in [4.69, 9.17) is 23.2 Å². The molecule has 146 valence electrons. The molecule has 1 amide bonds. The zero-order chi connectivity index (χ0) is 20.6. The second kappa shape index (κ2) is 7.40. The number of carbonyl (C=O) groups is 1. The predicted octanol–water partition coefficient (Wildman–Crippen LogP) is 5.29. The smallest absolute Gasteiger partial charge is 0.318 e. The number of aryl methyl sites for hydroxylation is 1. The van der Waals surface area contributed by atoms with E-state index < -0.39 is 29.3 Å². The topological polar surface area (TPSA) is 59.8 Å². The summed E-state index contributed by atoms with van der Waals surface area (Å²) in [5, 5.41) is 5.73. The van der Waals surface area contributed by atoms with Crippen LogP contribution in [0.1, 0.15) is 21.7 Å². The molecule has 0 bridgehead atoms. The molecule has 3 rings (SSSR count). The zero-order valence-electron chi connectivity index (χ0n) is 14.0. The Bertz CT molecular complexity index is 1040. The van der Waals surface area contributed by atoms with Crippen molar-refractivity contribution in [1.29, 1.82) is 0 Å². The standard InChI is InChI=1S/C17H10Cl2F4N4O/c1-8-5-9(18)6-11(20)14(8)25-16(28)12-7-13(17(21,22)23)26-27(12)15-10(19)3-2-4-24-15/h2-7H,1H3,(H,25,28). The summed E-state index contributed by atoms with van der Waals surface area (Å²) in [4.78, 5) is 16.5. The van der Waals surface area contributed by atoms with E-state index >= 15 is 0 Å². The Labute approximate surface area is 165 Å². The molecule has 3 aromatic rings. The average molecular weight is 433 g/mol. The van der Waals surface area contributed by atoms with Gasteiger partial charge in [-0.15, -0.1) is 0 Å². The molecule has 0 radical (unpaired) electrons. The van der Waals surface area contributed by atoms with Crippen molar-refractivity contribution >= 4 is 34.8 Å². The third-order valence-corrected chi connectivity index (χ3v) is 4.18. The molecular weight excluding hydrogens is 423 g/mol. The first-order valence-electron chi connectivity index (χ1n) is 7.63. The van der Waals surface area contributed by atoms with Gasteiger partial charge in [-0.1, -0.05) is 23.2 Å². The van der Waals surface area contributed by atoms with Crippen molar-refractivity contribution in [3.63, 3.8) is 0 Å². The Morgan fingerprint density at radius 3 is 2.54 bits per heavy atom. The number of aromatic nitrogens is 3. The number of benzene rings is 1. The summed E-state index contributed by atoms with van der Waals surface area (Å²) in [6.45, 7) is 1.48. The van der Waals surface area contributed by atoms with Gasteiger partial charge in [0.2, 0.25) is 0 Å². The van der Waals surface area contributed by atoms with E-state index in [1.807, 2.05) is 0 Å². The molecule has 0 spiro atoms. The molecule has 0 fully saturated rings. The van der Waals surface area contributed by atoms with Gasteiger partial charge in [0.05, 0.1) is 10.7 Å². The van der Waals surface area contributed by atoms with Gasteiger partial charge in [0.15, 0.2) is 11.5 Å². The molecule has 11 heteroatoms. The number of amides is 1. The van der Waals surface area contributed by atoms with Crippen LogP contribution in [-0.4, -0.2) is 20.7 Å². The monoisotopic (exact) mass is 432 g/mol. The van der Waals surface area contributed by atoms with Crippen molar-refractivity contribution in [1.82, 2.24) is 14.8 Å². The number of rotatable bonds is 3. The van der Waals surface area contributed by atoms with E-state index in [0.717, 1.165) is 6.07 Å². The van der Waals surface area contributed by atoms with E-state index in [2.05, 4.69) is 15.4 Å². The van der Waals surface area contributed by atoms with Gasteiger partial charge in [0.1, 0.15) is 11.5 Å². The van der Waals surface area contributed by atoms with Crippen LogP contribution in [0, 0.1) is 12.7 Å². The molecule has 1 aromatic carbocycles. The van der Waals surface area contributed by atoms with Crippen molar-refractivity contribution in [3.8, 4) is 5.82 Å². The zero-order valence-corrected chi connectivity index (χ0v) is 15.5. The lowest BCUT2D eigenvalue weighted by atomic mass is 10.2. The van der Waals surface area contributed by atoms with Crippen LogP contribution in [0.15, 0.2) is 36.5 Å². The number of halogens is 6. The second-order valence-corrected chi connectivity index (χ2v) is 6.51. The van der Waals surface area contributed by atoms with Crippen molar-refractivity contribution in [2.45, 2.75) is 13.1 Å². The van der Waals surface area contributed by atoms with E-state index in [0.29, 0.717) is 10.7 Å². The summed E-state index contributed by atoms with van der Waals surface area (Å²) in [5.41, 5.74) is -1.78. The van der Waals surface area contributed by atoms with Crippen LogP contribution in [0.5, 0.6) is 0 Å². The Morgan fingerprint density at radius 1 is 1.21 bits per heavy atom. The van der Waals surface area contributed by atoms with Gasteiger partial charge in [0, 0.05) is 17.3 Å². The number of alkyl halides is 3. The van der Waals surface area contributed by atoms with Crippen LogP contribution in [-0.2, 0) is 6.18 Å². The van der Waals surface area contributed by atoms with Crippen LogP contribution in [0.2, 0.25) is 10.0 Å². The van der Waals surface area contributed by atoms with E-state index in [1.54, 1.807) is 0 Å². The highest BCUT2D eigenvalue weighted by molar-refractivity contribution is 6.32. The maximum absolute atomic E-state index is 14.1. The Kier molecular flexibility index (Phi) is 5.31. The first-order chi connectivity index (χ1) is 13.1. The number of carbonyl (C=O) groups excluding carboxylic acids is 1. The molecule has 2 aromatic heterocycles. The third-order valence-electron chi connectivity index (χ3n) is 3.66. The van der Waals surface area contributed by atoms with Crippen LogP contribution >= 0.6 is 23.2 Å². The third kappa shape index (κ3) is 3.95. The highest BCUT2D eigenvalue weighted by Crippen LogP contribution is 2.31. The maximum atomic E-state index is 14.1. The molecule has 0 saturated carbocycles. The molecule has 0 unspecified atom stereocenters. The summed E-state index contributed by atoms with van der Waals surface area (Å²) in [6.07, 6.45) is -3.54. The van der Waals surface area contributed by atoms with Gasteiger partial charge < -0.3 is 5.32 Å². The number of hydrogen-bond acceptors (Lipinski definition) is 3. The first kappa shape index (κ1) is 20.1. The first-order valence-corrected chi connectivity index (χ1v) is 8.38. The summed E-state index contributed by atoms with van der Waals surface area (Å²) in [7, 11) is 0. The lowest BCUT2D eigenvalue weighted by Gasteiger charge is -2.11. The highest BCUT2D eigenvalue weighted by Gasteiger charge is 2.36. The summed E-state index contributed by atoms with van der Waals surface area (Å²) in [6, 6.07) is 5.74. The summed E-state index contributed by atoms with van der Waals surface area (Å²) < 4.78 is 54.2. The molecule has 0 saturated heterocycles. The fourth-order valence-corrected chi connectivity index (χ4v) is 2.88. The fraction of sp³-hybridized carbons (Fsp3) is 0.118. The van der Waals surface area contributed by atoms with E-state index in [-0.39, 0.29) is 27.1 Å². The molecule has 0 aliphatic carbocycles. The van der Waals surface area contributed by atoms with Crippen LogP contribution < -0.4 is 5.32 Å². The molecule has 5 nitrogen and oxygen atoms in total. The Morgan fingerprint density at radius 2 is 1.93 bits per heavy atom. The van der Waals surface area contributed by atoms with E-state index in [9.17, 15) is 22.4 Å². The summed E-state index contributed by atoms with van der Waals surface area (Å²) in [5.74, 6) is -2.05. The molecule has 28 heavy (non-hydrogen) atoms. The second-order valence-electron chi connectivity index (χ2n) is 5.67. The van der Waals surface area contributed by atoms with Gasteiger partial charge in [0.25, 0.3) is 5.91 Å². The summed E-state index contributed by atoms with van der Waals surface area (Å²) >= 11 is 11.7. The predicted molar refractivity (Wildman–Crippen MR) is 95.5 cm³/mol. The number of nitrogens with zero attached hydrogens (tertiary/aromatic N) is 3. The Balaban J connectivity index is 2.09. The minimum Gasteiger partial charge on any atom is -0.318 e. The van der Waals surface area contributed by atoms with Gasteiger partial charge >= 0.3 is 6.18 Å². The number of pyridine rings is 1. The maximum Gasteiger partial charge on any atom is 0.435 e. The minimum atomic E-state index is -4.82. The molecule has 0 aliphatic rings. The van der Waals surface area contributed by atoms with Crippen LogP contribution in [0.25, 0.3) is 5.82 Å². The fourth-order valence-electron chi connectivity index (χ4n) is 2.41. The number of nitrogens with one attached hydrogen (secondary N) is 1. The minimum absolute atomic E-state index is 0.0257. The molecular formula is C17H10Cl2F4N4O. The van der Waals surface area contributed by atoms with Gasteiger partial charge in [-0.2, -0.15) is 18.3 Å². The molecule has 2 heterocycles. The average Bonchev–Trinajstić information content (AvgIpc) is 3.04. The Hall–Kier alpha value is -2.65. The lowest BCUT2D eigenvalue weighted by molar-refractivity contribution is -0.141. The number of anilines is 1. The number of hydrogen-bond donors (Lipinski definition) is 1. The highest BCUT2D eigenvalue weighted by atomic mass is 35.5. The van der Waals surface area contributed by atoms with Gasteiger partial charge in [-0.05, 0) is 36.8 Å². The molecule has 0 atom stereocenters. The van der Waals surface area contributed by atoms with Crippen molar-refractivity contribution in [2.75, 3.05) is 5.32 Å². The van der Waals surface area contributed by atoms with Crippen molar-refractivity contribution in [3.05, 3.63) is 69.3 Å². The lowest BCUT2D eigenvalue weighted by Crippen LogP contribution is -2.19. The van der Waals surface area contributed by atoms with Crippen LogP contribution in [0.4, 0.5) is 23.2 Å².